The van der Waals surface area contributed by atoms with Crippen LogP contribution in [0.15, 0.2) is 0 Å². The molecule has 0 bridgehead atoms. The lowest BCUT2D eigenvalue weighted by Gasteiger charge is -2.28. The van der Waals surface area contributed by atoms with E-state index in [2.05, 4.69) is 10.2 Å². The van der Waals surface area contributed by atoms with Gasteiger partial charge in [-0.15, -0.1) is 0 Å². The van der Waals surface area contributed by atoms with Crippen LogP contribution in [-0.4, -0.2) is 62.5 Å². The van der Waals surface area contributed by atoms with Gasteiger partial charge in [-0.3, -0.25) is 4.79 Å². The molecule has 88 valence electrons. The van der Waals surface area contributed by atoms with Crippen LogP contribution in [0.1, 0.15) is 19.3 Å². The Labute approximate surface area is 92.6 Å². The van der Waals surface area contributed by atoms with Crippen molar-refractivity contribution >= 4 is 5.91 Å². The first-order chi connectivity index (χ1) is 7.11. The summed E-state index contributed by atoms with van der Waals surface area (Å²) in [4.78, 5) is 15.9. The second-order valence-corrected chi connectivity index (χ2v) is 4.57. The molecule has 0 aromatic rings. The fraction of sp³-hybridized carbons (Fsp3) is 0.909. The van der Waals surface area contributed by atoms with E-state index in [1.807, 2.05) is 26.0 Å². The summed E-state index contributed by atoms with van der Waals surface area (Å²) in [6.45, 7) is 2.72. The van der Waals surface area contributed by atoms with Gasteiger partial charge in [0.25, 0.3) is 0 Å². The SMILES string of the molecule is CN(C)CCN(C)C(=O)[C@@H]1CCCCN1. The average Bonchev–Trinajstić information content (AvgIpc) is 2.26. The van der Waals surface area contributed by atoms with Crippen LogP contribution in [0.4, 0.5) is 0 Å². The highest BCUT2D eigenvalue weighted by Gasteiger charge is 2.23. The molecule has 0 saturated carbocycles. The van der Waals surface area contributed by atoms with Gasteiger partial charge < -0.3 is 15.1 Å². The Morgan fingerprint density at radius 2 is 2.00 bits per heavy atom. The molecule has 0 radical (unpaired) electrons. The van der Waals surface area contributed by atoms with E-state index in [1.54, 1.807) is 0 Å². The lowest BCUT2D eigenvalue weighted by molar-refractivity contribution is -0.132. The van der Waals surface area contributed by atoms with Crippen molar-refractivity contribution in [2.24, 2.45) is 0 Å². The molecule has 15 heavy (non-hydrogen) atoms. The molecule has 1 aliphatic heterocycles. The minimum atomic E-state index is 0.0610. The molecule has 1 aliphatic rings. The van der Waals surface area contributed by atoms with Crippen molar-refractivity contribution < 1.29 is 4.79 Å². The van der Waals surface area contributed by atoms with Gasteiger partial charge in [-0.1, -0.05) is 6.42 Å². The molecular weight excluding hydrogens is 190 g/mol. The summed E-state index contributed by atoms with van der Waals surface area (Å²) in [6.07, 6.45) is 3.36. The van der Waals surface area contributed by atoms with Crippen molar-refractivity contribution in [1.82, 2.24) is 15.1 Å². The first-order valence-corrected chi connectivity index (χ1v) is 5.74. The third kappa shape index (κ3) is 4.18. The molecular formula is C11H23N3O. The molecule has 1 saturated heterocycles. The largest absolute Gasteiger partial charge is 0.343 e. The predicted octanol–water partition coefficient (Wildman–Crippen LogP) is 0.149. The van der Waals surface area contributed by atoms with E-state index in [0.29, 0.717) is 0 Å². The Hall–Kier alpha value is -0.610. The molecule has 0 aromatic heterocycles. The fourth-order valence-corrected chi connectivity index (χ4v) is 1.79. The third-order valence-corrected chi connectivity index (χ3v) is 2.87. The average molecular weight is 213 g/mol. The Kier molecular flexibility index (Phi) is 5.05. The number of carbonyl (C=O) groups excluding carboxylic acids is 1. The molecule has 0 aliphatic carbocycles. The third-order valence-electron chi connectivity index (χ3n) is 2.87. The van der Waals surface area contributed by atoms with Gasteiger partial charge in [0.05, 0.1) is 6.04 Å². The van der Waals surface area contributed by atoms with Gasteiger partial charge in [0.2, 0.25) is 5.91 Å². The fourth-order valence-electron chi connectivity index (χ4n) is 1.79. The van der Waals surface area contributed by atoms with Gasteiger partial charge in [0.15, 0.2) is 0 Å². The number of carbonyl (C=O) groups is 1. The molecule has 1 heterocycles. The smallest absolute Gasteiger partial charge is 0.239 e. The predicted molar refractivity (Wildman–Crippen MR) is 61.8 cm³/mol. The number of rotatable bonds is 4. The summed E-state index contributed by atoms with van der Waals surface area (Å²) in [5.41, 5.74) is 0. The molecule has 0 aromatic carbocycles. The summed E-state index contributed by atoms with van der Waals surface area (Å²) >= 11 is 0. The van der Waals surface area contributed by atoms with Crippen LogP contribution < -0.4 is 5.32 Å². The van der Waals surface area contributed by atoms with Crippen molar-refractivity contribution in [2.45, 2.75) is 25.3 Å². The molecule has 0 unspecified atom stereocenters. The van der Waals surface area contributed by atoms with E-state index in [9.17, 15) is 4.79 Å². The summed E-state index contributed by atoms with van der Waals surface area (Å²) in [5, 5.41) is 3.28. The van der Waals surface area contributed by atoms with E-state index >= 15 is 0 Å². The highest BCUT2D eigenvalue weighted by atomic mass is 16.2. The minimum Gasteiger partial charge on any atom is -0.343 e. The second kappa shape index (κ2) is 6.08. The molecule has 0 spiro atoms. The Morgan fingerprint density at radius 1 is 1.27 bits per heavy atom. The van der Waals surface area contributed by atoms with Crippen LogP contribution in [0.5, 0.6) is 0 Å². The van der Waals surface area contributed by atoms with Gasteiger partial charge >= 0.3 is 0 Å². The van der Waals surface area contributed by atoms with Gasteiger partial charge in [-0.2, -0.15) is 0 Å². The minimum absolute atomic E-state index is 0.0610. The first-order valence-electron chi connectivity index (χ1n) is 5.74. The van der Waals surface area contributed by atoms with Gasteiger partial charge in [-0.25, -0.2) is 0 Å². The number of nitrogens with one attached hydrogen (secondary N) is 1. The summed E-state index contributed by atoms with van der Waals surface area (Å²) in [7, 11) is 5.94. The first kappa shape index (κ1) is 12.5. The maximum absolute atomic E-state index is 12.0. The molecule has 1 fully saturated rings. The highest BCUT2D eigenvalue weighted by Crippen LogP contribution is 2.08. The van der Waals surface area contributed by atoms with E-state index in [0.717, 1.165) is 26.1 Å². The zero-order valence-corrected chi connectivity index (χ0v) is 10.1. The zero-order valence-electron chi connectivity index (χ0n) is 10.1. The van der Waals surface area contributed by atoms with Crippen molar-refractivity contribution in [2.75, 3.05) is 40.8 Å². The zero-order chi connectivity index (χ0) is 11.3. The number of amides is 1. The Bertz CT molecular complexity index is 200. The highest BCUT2D eigenvalue weighted by molar-refractivity contribution is 5.81. The van der Waals surface area contributed by atoms with Crippen LogP contribution >= 0.6 is 0 Å². The number of piperidine rings is 1. The topological polar surface area (TPSA) is 35.6 Å². The van der Waals surface area contributed by atoms with Crippen LogP contribution in [0.3, 0.4) is 0 Å². The summed E-state index contributed by atoms with van der Waals surface area (Å²) in [5.74, 6) is 0.247. The van der Waals surface area contributed by atoms with Crippen molar-refractivity contribution in [3.05, 3.63) is 0 Å². The second-order valence-electron chi connectivity index (χ2n) is 4.57. The Balaban J connectivity index is 2.30. The molecule has 4 heteroatoms. The van der Waals surface area contributed by atoms with Gasteiger partial charge in [0.1, 0.15) is 0 Å². The molecule has 1 atom stereocenters. The summed E-state index contributed by atoms with van der Waals surface area (Å²) in [6, 6.07) is 0.0610. The normalized spacial score (nSPS) is 21.7. The molecule has 1 N–H and O–H groups in total. The monoisotopic (exact) mass is 213 g/mol. The molecule has 1 amide bonds. The standard InChI is InChI=1S/C11H23N3O/c1-13(2)8-9-14(3)11(15)10-6-4-5-7-12-10/h10,12H,4-9H2,1-3H3/t10-/m0/s1. The van der Waals surface area contributed by atoms with E-state index in [-0.39, 0.29) is 11.9 Å². The maximum atomic E-state index is 12.0. The van der Waals surface area contributed by atoms with Crippen molar-refractivity contribution in [1.29, 1.82) is 0 Å². The molecule has 4 nitrogen and oxygen atoms in total. The van der Waals surface area contributed by atoms with E-state index in [4.69, 9.17) is 0 Å². The summed E-state index contributed by atoms with van der Waals surface area (Å²) < 4.78 is 0. The Morgan fingerprint density at radius 3 is 2.53 bits per heavy atom. The number of nitrogens with zero attached hydrogens (tertiary/aromatic N) is 2. The van der Waals surface area contributed by atoms with Crippen molar-refractivity contribution in [3.8, 4) is 0 Å². The van der Waals surface area contributed by atoms with Crippen LogP contribution in [0.25, 0.3) is 0 Å². The van der Waals surface area contributed by atoms with E-state index < -0.39 is 0 Å². The van der Waals surface area contributed by atoms with Gasteiger partial charge in [0, 0.05) is 20.1 Å². The lowest BCUT2D eigenvalue weighted by Crippen LogP contribution is -2.48. The number of likely N-dealkylation sites (N-methyl/N-ethyl adjacent to an activating group) is 2. The van der Waals surface area contributed by atoms with Crippen LogP contribution in [0.2, 0.25) is 0 Å². The quantitative estimate of drug-likeness (QED) is 0.722. The number of hydrogen-bond acceptors (Lipinski definition) is 3. The van der Waals surface area contributed by atoms with E-state index in [1.165, 1.54) is 12.8 Å². The lowest BCUT2D eigenvalue weighted by atomic mass is 10.0. The number of hydrogen-bond donors (Lipinski definition) is 1. The van der Waals surface area contributed by atoms with Crippen LogP contribution in [-0.2, 0) is 4.79 Å². The van der Waals surface area contributed by atoms with Gasteiger partial charge in [-0.05, 0) is 33.5 Å². The maximum Gasteiger partial charge on any atom is 0.239 e. The van der Waals surface area contributed by atoms with Crippen molar-refractivity contribution in [3.63, 3.8) is 0 Å². The van der Waals surface area contributed by atoms with Crippen LogP contribution in [0, 0.1) is 0 Å². The molecule has 1 rings (SSSR count).